The van der Waals surface area contributed by atoms with Crippen LogP contribution in [0.15, 0.2) is 24.3 Å². The molecule has 6 rings (SSSR count). The van der Waals surface area contributed by atoms with Crippen LogP contribution in [0.5, 0.6) is 11.5 Å². The molecule has 1 aliphatic carbocycles. The number of hydrogen-bond acceptors (Lipinski definition) is 6. The first-order valence-electron chi connectivity index (χ1n) is 12.6. The fourth-order valence-corrected chi connectivity index (χ4v) is 5.06. The van der Waals surface area contributed by atoms with E-state index in [2.05, 4.69) is 15.3 Å². The zero-order valence-electron chi connectivity index (χ0n) is 20.6. The van der Waals surface area contributed by atoms with Crippen molar-refractivity contribution in [2.24, 2.45) is 5.92 Å². The van der Waals surface area contributed by atoms with Gasteiger partial charge in [0.2, 0.25) is 5.91 Å². The lowest BCUT2D eigenvalue weighted by atomic mass is 10.0. The zero-order valence-corrected chi connectivity index (χ0v) is 20.6. The number of hydrogen-bond donors (Lipinski definition) is 1. The standard InChI is InChI=1S/C27H27F3N4O3/c1-13(17-4-3-5-18(22(17)28)25(29)30)31-26-20-10-21(37-16-11-34(12-16)27(35)15-6-7-15)24-19(8-9-36-24)23(20)32-14(2)33-26/h3-5,10,13,15-16,25H,6-9,11-12H2,1-2H3,(H,31,32,33)/t13-/m1/s1. The highest BCUT2D eigenvalue weighted by Gasteiger charge is 2.40. The number of benzene rings is 2. The number of aromatic nitrogens is 2. The molecule has 1 atom stereocenters. The molecule has 3 heterocycles. The van der Waals surface area contributed by atoms with Crippen molar-refractivity contribution in [2.75, 3.05) is 25.0 Å². The van der Waals surface area contributed by atoms with Gasteiger partial charge < -0.3 is 19.7 Å². The van der Waals surface area contributed by atoms with Gasteiger partial charge in [-0.25, -0.2) is 23.1 Å². The number of nitrogens with one attached hydrogen (secondary N) is 1. The van der Waals surface area contributed by atoms with Crippen LogP contribution in [0.3, 0.4) is 0 Å². The van der Waals surface area contributed by atoms with Gasteiger partial charge in [0, 0.05) is 28.9 Å². The van der Waals surface area contributed by atoms with E-state index in [0.29, 0.717) is 60.2 Å². The Labute approximate surface area is 212 Å². The van der Waals surface area contributed by atoms with Gasteiger partial charge in [0.05, 0.1) is 36.8 Å². The Morgan fingerprint density at radius 1 is 1.22 bits per heavy atom. The maximum atomic E-state index is 14.8. The number of rotatable bonds is 7. The predicted octanol–water partition coefficient (Wildman–Crippen LogP) is 5.12. The molecular weight excluding hydrogens is 485 g/mol. The van der Waals surface area contributed by atoms with E-state index in [-0.39, 0.29) is 23.5 Å². The highest BCUT2D eigenvalue weighted by molar-refractivity contribution is 5.95. The van der Waals surface area contributed by atoms with Crippen LogP contribution in [0.4, 0.5) is 19.0 Å². The van der Waals surface area contributed by atoms with Crippen LogP contribution in [0.1, 0.15) is 54.7 Å². The Morgan fingerprint density at radius 3 is 2.70 bits per heavy atom. The summed E-state index contributed by atoms with van der Waals surface area (Å²) in [5, 5.41) is 3.88. The number of amides is 1. The van der Waals surface area contributed by atoms with Crippen molar-refractivity contribution in [1.82, 2.24) is 14.9 Å². The van der Waals surface area contributed by atoms with Crippen molar-refractivity contribution in [1.29, 1.82) is 0 Å². The average Bonchev–Trinajstić information content (AvgIpc) is 3.56. The number of aryl methyl sites for hydroxylation is 1. The normalized spacial score (nSPS) is 17.9. The Kier molecular flexibility index (Phi) is 5.84. The van der Waals surface area contributed by atoms with Crippen molar-refractivity contribution in [3.8, 4) is 11.5 Å². The predicted molar refractivity (Wildman–Crippen MR) is 131 cm³/mol. The molecule has 10 heteroatoms. The largest absolute Gasteiger partial charge is 0.489 e. The number of alkyl halides is 2. The van der Waals surface area contributed by atoms with E-state index in [1.807, 2.05) is 11.0 Å². The van der Waals surface area contributed by atoms with E-state index < -0.39 is 23.8 Å². The van der Waals surface area contributed by atoms with Gasteiger partial charge in [0.25, 0.3) is 6.43 Å². The second-order valence-electron chi connectivity index (χ2n) is 9.97. The van der Waals surface area contributed by atoms with E-state index in [0.717, 1.165) is 24.5 Å². The minimum atomic E-state index is -2.90. The molecule has 2 fully saturated rings. The lowest BCUT2D eigenvalue weighted by Crippen LogP contribution is -2.56. The van der Waals surface area contributed by atoms with Crippen LogP contribution in [0, 0.1) is 18.7 Å². The number of carbonyl (C=O) groups is 1. The summed E-state index contributed by atoms with van der Waals surface area (Å²) < 4.78 is 53.5. The SMILES string of the molecule is Cc1nc(N[C@H](C)c2cccc(C(F)F)c2F)c2cc(OC3CN(C(=O)C4CC4)C3)c3c(c2n1)CCO3. The van der Waals surface area contributed by atoms with Gasteiger partial charge in [-0.1, -0.05) is 18.2 Å². The minimum Gasteiger partial charge on any atom is -0.489 e. The number of anilines is 1. The highest BCUT2D eigenvalue weighted by Crippen LogP contribution is 2.44. The van der Waals surface area contributed by atoms with Gasteiger partial charge in [-0.15, -0.1) is 0 Å². The summed E-state index contributed by atoms with van der Waals surface area (Å²) in [6, 6.07) is 5.17. The number of ether oxygens (including phenoxy) is 2. The van der Waals surface area contributed by atoms with Gasteiger partial charge in [-0.3, -0.25) is 4.79 Å². The maximum Gasteiger partial charge on any atom is 0.266 e. The Morgan fingerprint density at radius 2 is 1.97 bits per heavy atom. The van der Waals surface area contributed by atoms with Crippen LogP contribution in [-0.4, -0.2) is 46.6 Å². The average molecular weight is 513 g/mol. The van der Waals surface area contributed by atoms with Crippen LogP contribution in [-0.2, 0) is 11.2 Å². The fourth-order valence-electron chi connectivity index (χ4n) is 5.06. The Hall–Kier alpha value is -3.56. The summed E-state index contributed by atoms with van der Waals surface area (Å²) in [7, 11) is 0. The molecule has 1 saturated heterocycles. The van der Waals surface area contributed by atoms with E-state index >= 15 is 0 Å². The van der Waals surface area contributed by atoms with Crippen molar-refractivity contribution in [3.05, 3.63) is 52.6 Å². The second kappa shape index (κ2) is 9.08. The fraction of sp³-hybridized carbons (Fsp3) is 0.444. The molecular formula is C27H27F3N4O3. The van der Waals surface area contributed by atoms with Crippen molar-refractivity contribution in [2.45, 2.75) is 51.7 Å². The molecule has 1 saturated carbocycles. The van der Waals surface area contributed by atoms with Crippen LogP contribution < -0.4 is 14.8 Å². The number of halogens is 3. The third-order valence-corrected chi connectivity index (χ3v) is 7.21. The number of nitrogens with zero attached hydrogens (tertiary/aromatic N) is 3. The topological polar surface area (TPSA) is 76.6 Å². The molecule has 1 aromatic heterocycles. The maximum absolute atomic E-state index is 14.8. The molecule has 1 amide bonds. The molecule has 7 nitrogen and oxygen atoms in total. The lowest BCUT2D eigenvalue weighted by molar-refractivity contribution is -0.141. The third kappa shape index (κ3) is 4.32. The molecule has 0 spiro atoms. The zero-order chi connectivity index (χ0) is 25.8. The molecule has 0 unspecified atom stereocenters. The first kappa shape index (κ1) is 23.8. The minimum absolute atomic E-state index is 0.123. The monoisotopic (exact) mass is 512 g/mol. The smallest absolute Gasteiger partial charge is 0.266 e. The molecule has 37 heavy (non-hydrogen) atoms. The van der Waals surface area contributed by atoms with Crippen molar-refractivity contribution >= 4 is 22.6 Å². The first-order chi connectivity index (χ1) is 17.8. The van der Waals surface area contributed by atoms with Crippen LogP contribution in [0.25, 0.3) is 10.9 Å². The van der Waals surface area contributed by atoms with Crippen LogP contribution >= 0.6 is 0 Å². The van der Waals surface area contributed by atoms with Gasteiger partial charge in [0.15, 0.2) is 11.5 Å². The summed E-state index contributed by atoms with van der Waals surface area (Å²) >= 11 is 0. The Balaban J connectivity index is 1.31. The molecule has 194 valence electrons. The molecule has 3 aromatic rings. The number of carbonyl (C=O) groups excluding carboxylic acids is 1. The second-order valence-corrected chi connectivity index (χ2v) is 9.97. The van der Waals surface area contributed by atoms with Gasteiger partial charge >= 0.3 is 0 Å². The van der Waals surface area contributed by atoms with Crippen LogP contribution in [0.2, 0.25) is 0 Å². The van der Waals surface area contributed by atoms with Gasteiger partial charge in [0.1, 0.15) is 23.6 Å². The molecule has 2 aromatic carbocycles. The summed E-state index contributed by atoms with van der Waals surface area (Å²) in [6.45, 7) is 5.03. The quantitative estimate of drug-likeness (QED) is 0.474. The highest BCUT2D eigenvalue weighted by atomic mass is 19.3. The van der Waals surface area contributed by atoms with Gasteiger partial charge in [-0.2, -0.15) is 0 Å². The number of likely N-dealkylation sites (tertiary alicyclic amines) is 1. The molecule has 1 N–H and O–H groups in total. The Bertz CT molecular complexity index is 1390. The summed E-state index contributed by atoms with van der Waals surface area (Å²) in [5.41, 5.74) is 1.11. The molecule has 2 aliphatic heterocycles. The summed E-state index contributed by atoms with van der Waals surface area (Å²) in [4.78, 5) is 23.3. The van der Waals surface area contributed by atoms with E-state index in [9.17, 15) is 18.0 Å². The van der Waals surface area contributed by atoms with E-state index in [4.69, 9.17) is 9.47 Å². The lowest BCUT2D eigenvalue weighted by Gasteiger charge is -2.39. The summed E-state index contributed by atoms with van der Waals surface area (Å²) in [5.74, 6) is 1.62. The molecule has 3 aliphatic rings. The molecule has 0 radical (unpaired) electrons. The van der Waals surface area contributed by atoms with Gasteiger partial charge in [-0.05, 0) is 32.8 Å². The van der Waals surface area contributed by atoms with Crippen molar-refractivity contribution in [3.63, 3.8) is 0 Å². The third-order valence-electron chi connectivity index (χ3n) is 7.21. The van der Waals surface area contributed by atoms with E-state index in [1.165, 1.54) is 12.1 Å². The van der Waals surface area contributed by atoms with Crippen molar-refractivity contribution < 1.29 is 27.4 Å². The van der Waals surface area contributed by atoms with E-state index in [1.54, 1.807) is 13.8 Å². The molecule has 0 bridgehead atoms. The summed E-state index contributed by atoms with van der Waals surface area (Å²) in [6.07, 6.45) is -0.454. The first-order valence-corrected chi connectivity index (χ1v) is 12.6. The number of fused-ring (bicyclic) bond motifs is 3.